The van der Waals surface area contributed by atoms with Crippen molar-refractivity contribution in [1.82, 2.24) is 14.8 Å². The van der Waals surface area contributed by atoms with Gasteiger partial charge >= 0.3 is 0 Å². The van der Waals surface area contributed by atoms with E-state index in [-0.39, 0.29) is 11.5 Å². The van der Waals surface area contributed by atoms with E-state index in [4.69, 9.17) is 5.10 Å². The lowest BCUT2D eigenvalue weighted by molar-refractivity contribution is -0.384. The van der Waals surface area contributed by atoms with Gasteiger partial charge in [0.25, 0.3) is 5.69 Å². The van der Waals surface area contributed by atoms with E-state index in [1.165, 1.54) is 29.5 Å². The number of ketones is 1. The Morgan fingerprint density at radius 2 is 1.90 bits per heavy atom. The molecule has 9 heteroatoms. The number of hydrogen-bond donors (Lipinski definition) is 1. The first-order chi connectivity index (χ1) is 15.1. The number of fused-ring (bicyclic) bond motifs is 1. The number of Topliss-reactive ketones (excluding diaryl/α,β-unsaturated/α-hetero) is 1. The molecule has 2 aromatic carbocycles. The van der Waals surface area contributed by atoms with Crippen LogP contribution in [-0.2, 0) is 10.5 Å². The summed E-state index contributed by atoms with van der Waals surface area (Å²) in [6.45, 7) is 0. The third-order valence-corrected chi connectivity index (χ3v) is 6.39. The quantitative estimate of drug-likeness (QED) is 0.359. The number of carbonyl (C=O) groups is 1. The summed E-state index contributed by atoms with van der Waals surface area (Å²) in [6.07, 6.45) is 2.05. The summed E-state index contributed by atoms with van der Waals surface area (Å²) < 4.78 is 1.73. The van der Waals surface area contributed by atoms with Crippen molar-refractivity contribution in [1.29, 1.82) is 0 Å². The van der Waals surface area contributed by atoms with Crippen LogP contribution >= 0.6 is 11.8 Å². The zero-order valence-electron chi connectivity index (χ0n) is 16.5. The number of benzene rings is 2. The van der Waals surface area contributed by atoms with E-state index in [9.17, 15) is 14.9 Å². The third-order valence-electron chi connectivity index (χ3n) is 5.48. The lowest BCUT2D eigenvalue weighted by Gasteiger charge is -2.32. The highest BCUT2D eigenvalue weighted by Gasteiger charge is 2.37. The number of non-ortho nitro benzene ring substituents is 1. The molecule has 1 N–H and O–H groups in total. The molecule has 2 heterocycles. The molecular weight excluding hydrogens is 414 g/mol. The van der Waals surface area contributed by atoms with E-state index in [0.717, 1.165) is 29.9 Å². The molecule has 8 nitrogen and oxygen atoms in total. The Bertz CT molecular complexity index is 1190. The van der Waals surface area contributed by atoms with Gasteiger partial charge in [-0.15, -0.1) is 5.10 Å². The molecule has 3 aromatic rings. The molecule has 2 aliphatic rings. The van der Waals surface area contributed by atoms with Crippen LogP contribution in [0.2, 0.25) is 0 Å². The van der Waals surface area contributed by atoms with Crippen molar-refractivity contribution in [2.75, 3.05) is 5.32 Å². The highest BCUT2D eigenvalue weighted by Crippen LogP contribution is 2.41. The fourth-order valence-electron chi connectivity index (χ4n) is 4.01. The zero-order valence-corrected chi connectivity index (χ0v) is 17.3. The molecule has 31 heavy (non-hydrogen) atoms. The second kappa shape index (κ2) is 7.99. The number of hydrogen-bond acceptors (Lipinski definition) is 7. The number of thioether (sulfide) groups is 1. The molecule has 156 valence electrons. The van der Waals surface area contributed by atoms with Crippen LogP contribution < -0.4 is 5.32 Å². The van der Waals surface area contributed by atoms with E-state index < -0.39 is 11.0 Å². The minimum atomic E-state index is -0.446. The van der Waals surface area contributed by atoms with Crippen LogP contribution in [0.1, 0.15) is 36.4 Å². The molecular formula is C22H19N5O3S. The second-order valence-corrected chi connectivity index (χ2v) is 8.42. The fraction of sp³-hybridized carbons (Fsp3) is 0.227. The van der Waals surface area contributed by atoms with Crippen LogP contribution in [-0.4, -0.2) is 25.5 Å². The van der Waals surface area contributed by atoms with Crippen molar-refractivity contribution in [3.05, 3.63) is 87.1 Å². The summed E-state index contributed by atoms with van der Waals surface area (Å²) in [5, 5.41) is 19.7. The van der Waals surface area contributed by atoms with Gasteiger partial charge in [0.15, 0.2) is 5.78 Å². The highest BCUT2D eigenvalue weighted by atomic mass is 32.2. The first kappa shape index (κ1) is 19.5. The lowest BCUT2D eigenvalue weighted by Crippen LogP contribution is -2.31. The Morgan fingerprint density at radius 3 is 2.65 bits per heavy atom. The van der Waals surface area contributed by atoms with Crippen molar-refractivity contribution >= 4 is 29.2 Å². The number of aromatic nitrogens is 3. The number of nitrogens with one attached hydrogen (secondary N) is 1. The molecule has 0 radical (unpaired) electrons. The first-order valence-electron chi connectivity index (χ1n) is 10.0. The summed E-state index contributed by atoms with van der Waals surface area (Å²) in [6, 6.07) is 16.0. The smallest absolute Gasteiger partial charge is 0.269 e. The largest absolute Gasteiger partial charge is 0.328 e. The molecule has 0 fully saturated rings. The Labute approximate surface area is 182 Å². The van der Waals surface area contributed by atoms with E-state index in [0.29, 0.717) is 23.1 Å². The van der Waals surface area contributed by atoms with Gasteiger partial charge in [-0.25, -0.2) is 4.68 Å². The van der Waals surface area contributed by atoms with Crippen LogP contribution in [0.4, 0.5) is 11.6 Å². The number of nitro benzene ring substituents is 1. The van der Waals surface area contributed by atoms with Gasteiger partial charge in [-0.2, -0.15) is 4.98 Å². The molecule has 0 amide bonds. The standard InChI is InChI=1S/C22H19N5O3S/c28-18-8-4-7-17-19(18)20(15-9-11-16(12-10-15)27(29)30)26-21(23-17)24-22(25-26)31-13-14-5-2-1-3-6-14/h1-3,5-6,9-12,20H,4,7-8,13H2,(H,23,24,25). The zero-order chi connectivity index (χ0) is 21.4. The molecule has 5 rings (SSSR count). The number of nitrogens with zero attached hydrogens (tertiary/aromatic N) is 4. The van der Waals surface area contributed by atoms with Crippen LogP contribution in [0.5, 0.6) is 0 Å². The molecule has 0 bridgehead atoms. The monoisotopic (exact) mass is 433 g/mol. The Balaban J connectivity index is 1.51. The summed E-state index contributed by atoms with van der Waals surface area (Å²) in [5.41, 5.74) is 3.52. The van der Waals surface area contributed by atoms with Gasteiger partial charge in [0.05, 0.1) is 4.92 Å². The van der Waals surface area contributed by atoms with Gasteiger partial charge < -0.3 is 5.32 Å². The Morgan fingerprint density at radius 1 is 1.13 bits per heavy atom. The van der Waals surface area contributed by atoms with Gasteiger partial charge in [-0.1, -0.05) is 42.1 Å². The maximum Gasteiger partial charge on any atom is 0.269 e. The summed E-state index contributed by atoms with van der Waals surface area (Å²) in [7, 11) is 0. The van der Waals surface area contributed by atoms with Crippen LogP contribution in [0.25, 0.3) is 0 Å². The third kappa shape index (κ3) is 3.72. The van der Waals surface area contributed by atoms with Crippen molar-refractivity contribution in [3.8, 4) is 0 Å². The number of nitro groups is 1. The van der Waals surface area contributed by atoms with Crippen molar-refractivity contribution in [3.63, 3.8) is 0 Å². The van der Waals surface area contributed by atoms with E-state index in [2.05, 4.69) is 22.4 Å². The first-order valence-corrected chi connectivity index (χ1v) is 11.0. The van der Waals surface area contributed by atoms with Gasteiger partial charge in [0, 0.05) is 35.6 Å². The maximum absolute atomic E-state index is 12.8. The SMILES string of the molecule is O=C1CCCC2=C1C(c1ccc([N+](=O)[O-])cc1)n1nc(SCc3ccccc3)nc1N2. The van der Waals surface area contributed by atoms with E-state index in [1.54, 1.807) is 16.8 Å². The van der Waals surface area contributed by atoms with Crippen molar-refractivity contribution in [2.45, 2.75) is 36.2 Å². The van der Waals surface area contributed by atoms with Gasteiger partial charge in [-0.3, -0.25) is 14.9 Å². The average molecular weight is 433 g/mol. The highest BCUT2D eigenvalue weighted by molar-refractivity contribution is 7.98. The molecule has 1 aliphatic heterocycles. The number of carbonyl (C=O) groups excluding carboxylic acids is 1. The molecule has 1 atom stereocenters. The Kier molecular flexibility index (Phi) is 5.03. The average Bonchev–Trinajstić information content (AvgIpc) is 3.20. The van der Waals surface area contributed by atoms with Crippen LogP contribution in [0.15, 0.2) is 71.0 Å². The van der Waals surface area contributed by atoms with Crippen LogP contribution in [0, 0.1) is 10.1 Å². The van der Waals surface area contributed by atoms with Gasteiger partial charge in [-0.05, 0) is 36.1 Å². The predicted molar refractivity (Wildman–Crippen MR) is 117 cm³/mol. The van der Waals surface area contributed by atoms with Crippen LogP contribution in [0.3, 0.4) is 0 Å². The summed E-state index contributed by atoms with van der Waals surface area (Å²) in [4.78, 5) is 28.1. The lowest BCUT2D eigenvalue weighted by atomic mass is 9.85. The molecule has 0 saturated heterocycles. The van der Waals surface area contributed by atoms with Crippen molar-refractivity contribution in [2.24, 2.45) is 0 Å². The summed E-state index contributed by atoms with van der Waals surface area (Å²) in [5.74, 6) is 1.41. The maximum atomic E-state index is 12.8. The topological polar surface area (TPSA) is 103 Å². The van der Waals surface area contributed by atoms with Gasteiger partial charge in [0.2, 0.25) is 11.1 Å². The Hall–Kier alpha value is -3.46. The van der Waals surface area contributed by atoms with Crippen molar-refractivity contribution < 1.29 is 9.72 Å². The number of rotatable bonds is 5. The fourth-order valence-corrected chi connectivity index (χ4v) is 4.79. The normalized spacial score (nSPS) is 17.7. The molecule has 1 aromatic heterocycles. The number of allylic oxidation sites excluding steroid dienone is 2. The van der Waals surface area contributed by atoms with E-state index >= 15 is 0 Å². The minimum Gasteiger partial charge on any atom is -0.328 e. The molecule has 0 spiro atoms. The predicted octanol–water partition coefficient (Wildman–Crippen LogP) is 4.50. The van der Waals surface area contributed by atoms with E-state index in [1.807, 2.05) is 18.2 Å². The number of anilines is 1. The van der Waals surface area contributed by atoms with Gasteiger partial charge in [0.1, 0.15) is 6.04 Å². The minimum absolute atomic E-state index is 0.0137. The summed E-state index contributed by atoms with van der Waals surface area (Å²) >= 11 is 1.53. The molecule has 0 saturated carbocycles. The molecule has 1 unspecified atom stereocenters. The second-order valence-electron chi connectivity index (χ2n) is 7.48. The molecule has 1 aliphatic carbocycles.